The Kier molecular flexibility index (Phi) is 14.8. The predicted molar refractivity (Wildman–Crippen MR) is 237 cm³/mol. The van der Waals surface area contributed by atoms with Gasteiger partial charge in [0.05, 0.1) is 32.7 Å². The summed E-state index contributed by atoms with van der Waals surface area (Å²) in [7, 11) is 6.22. The number of carbonyl (C=O) groups excluding carboxylic acids is 6. The number of nitro benzene ring substituents is 2. The van der Waals surface area contributed by atoms with Crippen molar-refractivity contribution in [2.45, 2.75) is 21.9 Å². The number of aromatic nitrogens is 2. The van der Waals surface area contributed by atoms with Crippen molar-refractivity contribution in [3.8, 4) is 0 Å². The average molecular weight is 905 g/mol. The van der Waals surface area contributed by atoms with E-state index < -0.39 is 33.7 Å². The Balaban J connectivity index is 1.13. The van der Waals surface area contributed by atoms with Crippen LogP contribution in [0.1, 0.15) is 31.8 Å². The lowest BCUT2D eigenvalue weighted by atomic mass is 10.1. The van der Waals surface area contributed by atoms with Crippen LogP contribution in [0.2, 0.25) is 0 Å². The zero-order chi connectivity index (χ0) is 46.9. The molecule has 2 fully saturated rings. The average Bonchev–Trinajstić information content (AvgIpc) is 3.32. The number of carbonyl (C=O) groups is 6. The molecule has 2 aromatic heterocycles. The van der Waals surface area contributed by atoms with Crippen LogP contribution in [0.25, 0.3) is 12.2 Å². The second-order valence-electron chi connectivity index (χ2n) is 15.3. The molecular weight excluding hydrogens is 861 g/mol. The first kappa shape index (κ1) is 46.7. The zero-order valence-electron chi connectivity index (χ0n) is 35.8. The van der Waals surface area contributed by atoms with Gasteiger partial charge in [-0.05, 0) is 59.7 Å². The molecule has 65 heavy (non-hydrogen) atoms. The van der Waals surface area contributed by atoms with Crippen LogP contribution in [0.3, 0.4) is 0 Å². The summed E-state index contributed by atoms with van der Waals surface area (Å²) in [6, 6.07) is 12.6. The molecular formula is C44H44N10O10S. The highest BCUT2D eigenvalue weighted by atomic mass is 32.2. The maximum atomic E-state index is 13.4. The molecule has 4 aromatic rings. The number of hydrogen-bond acceptors (Lipinski definition) is 13. The standard InChI is InChI=1S/C44H44N10O10S/c1-47(2)43(59)35-27-49(21-23-51(35)41(57)31-13-17-45-18-14-31)39(55)11-7-29-5-9-37(33(25-29)53(61)62)65-38-10-6-30(26-34(38)54(63)64)8-12-40(56)50-22-24-52(36(28-50)44(60)48(3)4)42(58)32-15-19-46-20-16-32/h5-20,25-26,35-36H,21-24,27-28H2,1-4H3/b11-7+,12-8+. The fourth-order valence-corrected chi connectivity index (χ4v) is 8.18. The summed E-state index contributed by atoms with van der Waals surface area (Å²) >= 11 is 0.796. The van der Waals surface area contributed by atoms with Crippen LogP contribution in [0.15, 0.2) is 107 Å². The van der Waals surface area contributed by atoms with Gasteiger partial charge in [-0.15, -0.1) is 0 Å². The third kappa shape index (κ3) is 11.1. The molecule has 20 nitrogen and oxygen atoms in total. The van der Waals surface area contributed by atoms with Gasteiger partial charge < -0.3 is 29.4 Å². The van der Waals surface area contributed by atoms with Crippen LogP contribution >= 0.6 is 11.8 Å². The highest BCUT2D eigenvalue weighted by molar-refractivity contribution is 7.99. The molecule has 2 aliphatic heterocycles. The van der Waals surface area contributed by atoms with Crippen molar-refractivity contribution < 1.29 is 38.6 Å². The number of likely N-dealkylation sites (N-methyl/N-ethyl adjacent to an activating group) is 2. The van der Waals surface area contributed by atoms with Crippen molar-refractivity contribution in [1.29, 1.82) is 0 Å². The number of piperazine rings is 2. The molecule has 2 atom stereocenters. The minimum Gasteiger partial charge on any atom is -0.347 e. The van der Waals surface area contributed by atoms with Crippen molar-refractivity contribution in [1.82, 2.24) is 39.4 Å². The summed E-state index contributed by atoms with van der Waals surface area (Å²) in [5, 5.41) is 24.5. The number of benzene rings is 2. The van der Waals surface area contributed by atoms with E-state index in [1.165, 1.54) is 115 Å². The molecule has 21 heteroatoms. The van der Waals surface area contributed by atoms with Crippen molar-refractivity contribution in [3.63, 3.8) is 0 Å². The van der Waals surface area contributed by atoms with Gasteiger partial charge in [-0.25, -0.2) is 0 Å². The predicted octanol–water partition coefficient (Wildman–Crippen LogP) is 3.35. The third-order valence-corrected chi connectivity index (χ3v) is 11.8. The Labute approximate surface area is 377 Å². The van der Waals surface area contributed by atoms with Gasteiger partial charge in [0.2, 0.25) is 23.6 Å². The number of amides is 6. The lowest BCUT2D eigenvalue weighted by Gasteiger charge is -2.41. The van der Waals surface area contributed by atoms with Crippen molar-refractivity contribution in [3.05, 3.63) is 140 Å². The Morgan fingerprint density at radius 3 is 1.31 bits per heavy atom. The molecule has 2 aliphatic rings. The van der Waals surface area contributed by atoms with E-state index >= 15 is 0 Å². The summed E-state index contributed by atoms with van der Waals surface area (Å²) in [5.74, 6) is -2.45. The fourth-order valence-electron chi connectivity index (χ4n) is 7.19. The Morgan fingerprint density at radius 2 is 0.969 bits per heavy atom. The second-order valence-corrected chi connectivity index (χ2v) is 16.4. The van der Waals surface area contributed by atoms with Crippen molar-refractivity contribution in [2.24, 2.45) is 0 Å². The molecule has 0 spiro atoms. The largest absolute Gasteiger partial charge is 0.347 e. The normalized spacial score (nSPS) is 16.4. The number of hydrogen-bond donors (Lipinski definition) is 0. The van der Waals surface area contributed by atoms with Crippen LogP contribution in [0.4, 0.5) is 11.4 Å². The number of nitrogens with zero attached hydrogens (tertiary/aromatic N) is 10. The topological polar surface area (TPSA) is 234 Å². The number of rotatable bonds is 12. The second kappa shape index (κ2) is 20.6. The molecule has 0 aliphatic carbocycles. The minimum absolute atomic E-state index is 0.0788. The van der Waals surface area contributed by atoms with Gasteiger partial charge in [-0.3, -0.25) is 59.0 Å². The quantitative estimate of drug-likeness (QED) is 0.113. The van der Waals surface area contributed by atoms with Gasteiger partial charge in [0.1, 0.15) is 12.1 Å². The van der Waals surface area contributed by atoms with Crippen LogP contribution < -0.4 is 0 Å². The highest BCUT2D eigenvalue weighted by Crippen LogP contribution is 2.40. The van der Waals surface area contributed by atoms with Crippen molar-refractivity contribution in [2.75, 3.05) is 67.5 Å². The van der Waals surface area contributed by atoms with E-state index in [0.29, 0.717) is 22.3 Å². The molecule has 2 aromatic carbocycles. The number of nitro groups is 2. The van der Waals surface area contributed by atoms with E-state index in [4.69, 9.17) is 0 Å². The van der Waals surface area contributed by atoms with Gasteiger partial charge in [0, 0.05) is 115 Å². The van der Waals surface area contributed by atoms with E-state index in [9.17, 15) is 49.0 Å². The van der Waals surface area contributed by atoms with Crippen LogP contribution in [0.5, 0.6) is 0 Å². The Bertz CT molecular complexity index is 2400. The molecule has 6 amide bonds. The van der Waals surface area contributed by atoms with Gasteiger partial charge in [-0.2, -0.15) is 0 Å². The molecule has 4 heterocycles. The highest BCUT2D eigenvalue weighted by Gasteiger charge is 2.39. The van der Waals surface area contributed by atoms with Crippen LogP contribution in [0, 0.1) is 20.2 Å². The van der Waals surface area contributed by atoms with Gasteiger partial charge in [0.15, 0.2) is 0 Å². The zero-order valence-corrected chi connectivity index (χ0v) is 36.6. The molecule has 2 unspecified atom stereocenters. The molecule has 0 radical (unpaired) electrons. The molecule has 336 valence electrons. The van der Waals surface area contributed by atoms with E-state index in [0.717, 1.165) is 11.8 Å². The SMILES string of the molecule is CN(C)C(=O)C1CN(C(=O)/C=C/c2ccc(Sc3ccc(/C=C/C(=O)N4CCN(C(=O)c5ccncc5)C(C(=O)N(C)C)C4)cc3[N+](=O)[O-])c([N+](=O)[O-])c2)CCN1C(=O)c1ccncc1. The Morgan fingerprint density at radius 1 is 0.600 bits per heavy atom. The van der Waals surface area contributed by atoms with Crippen LogP contribution in [-0.2, 0) is 19.2 Å². The lowest BCUT2D eigenvalue weighted by molar-refractivity contribution is -0.388. The fraction of sp³-hybridized carbons (Fsp3) is 0.273. The molecule has 0 N–H and O–H groups in total. The first-order valence-corrected chi connectivity index (χ1v) is 20.9. The molecule has 6 rings (SSSR count). The summed E-state index contributed by atoms with van der Waals surface area (Å²) in [4.78, 5) is 119. The minimum atomic E-state index is -0.954. The summed E-state index contributed by atoms with van der Waals surface area (Å²) in [6.45, 7) is 0.270. The van der Waals surface area contributed by atoms with Gasteiger partial charge in [0.25, 0.3) is 23.2 Å². The maximum absolute atomic E-state index is 13.4. The molecule has 0 bridgehead atoms. The summed E-state index contributed by atoms with van der Waals surface area (Å²) in [6.07, 6.45) is 11.1. The molecule has 0 saturated carbocycles. The first-order chi connectivity index (χ1) is 31.0. The third-order valence-electron chi connectivity index (χ3n) is 10.6. The van der Waals surface area contributed by atoms with Gasteiger partial charge >= 0.3 is 0 Å². The van der Waals surface area contributed by atoms with E-state index in [2.05, 4.69) is 9.97 Å². The Hall–Kier alpha value is -7.81. The first-order valence-electron chi connectivity index (χ1n) is 20.1. The van der Waals surface area contributed by atoms with E-state index in [-0.39, 0.29) is 84.1 Å². The summed E-state index contributed by atoms with van der Waals surface area (Å²) < 4.78 is 0. The van der Waals surface area contributed by atoms with E-state index in [1.807, 2.05) is 0 Å². The van der Waals surface area contributed by atoms with Crippen molar-refractivity contribution >= 4 is 70.7 Å². The molecule has 2 saturated heterocycles. The monoisotopic (exact) mass is 904 g/mol. The maximum Gasteiger partial charge on any atom is 0.283 e. The van der Waals surface area contributed by atoms with E-state index in [1.54, 1.807) is 52.5 Å². The van der Waals surface area contributed by atoms with Gasteiger partial charge in [-0.1, -0.05) is 23.9 Å². The van der Waals surface area contributed by atoms with Crippen LogP contribution in [-0.4, -0.2) is 164 Å². The lowest BCUT2D eigenvalue weighted by Crippen LogP contribution is -2.61. The smallest absolute Gasteiger partial charge is 0.283 e. The number of pyridine rings is 2. The summed E-state index contributed by atoms with van der Waals surface area (Å²) in [5.41, 5.74) is 0.537.